The van der Waals surface area contributed by atoms with Crippen LogP contribution in [0.2, 0.25) is 0 Å². The van der Waals surface area contributed by atoms with Crippen LogP contribution in [-0.4, -0.2) is 24.3 Å². The molecule has 0 saturated carbocycles. The lowest BCUT2D eigenvalue weighted by Gasteiger charge is -2.09. The maximum atomic E-state index is 10.0. The van der Waals surface area contributed by atoms with Gasteiger partial charge in [-0.25, -0.2) is 0 Å². The number of nitrogens with zero attached hydrogens (tertiary/aromatic N) is 1. The molecule has 1 aromatic heterocycles. The molecule has 0 bridgehead atoms. The van der Waals surface area contributed by atoms with E-state index < -0.39 is 0 Å². The van der Waals surface area contributed by atoms with E-state index in [4.69, 9.17) is 9.47 Å². The SMILES string of the molecule is COc1cncc(-c2cccc(OC)c2O)c1. The van der Waals surface area contributed by atoms with E-state index in [1.165, 1.54) is 7.11 Å². The molecule has 1 aromatic carbocycles. The van der Waals surface area contributed by atoms with E-state index in [2.05, 4.69) is 4.98 Å². The third-order valence-corrected chi connectivity index (χ3v) is 2.48. The van der Waals surface area contributed by atoms with E-state index in [0.29, 0.717) is 17.1 Å². The van der Waals surface area contributed by atoms with Crippen LogP contribution in [0.15, 0.2) is 36.7 Å². The number of ether oxygens (including phenoxy) is 2. The Labute approximate surface area is 99.5 Å². The molecular weight excluding hydrogens is 218 g/mol. The first kappa shape index (κ1) is 11.3. The highest BCUT2D eigenvalue weighted by Gasteiger charge is 2.10. The van der Waals surface area contributed by atoms with Gasteiger partial charge < -0.3 is 14.6 Å². The molecule has 0 amide bonds. The molecule has 4 nitrogen and oxygen atoms in total. The highest BCUT2D eigenvalue weighted by molar-refractivity contribution is 5.73. The summed E-state index contributed by atoms with van der Waals surface area (Å²) in [4.78, 5) is 4.05. The minimum atomic E-state index is 0.102. The van der Waals surface area contributed by atoms with Crippen molar-refractivity contribution in [1.29, 1.82) is 0 Å². The highest BCUT2D eigenvalue weighted by Crippen LogP contribution is 2.37. The lowest BCUT2D eigenvalue weighted by Crippen LogP contribution is -1.88. The Balaban J connectivity index is 2.52. The predicted molar refractivity (Wildman–Crippen MR) is 64.4 cm³/mol. The van der Waals surface area contributed by atoms with Crippen molar-refractivity contribution < 1.29 is 14.6 Å². The van der Waals surface area contributed by atoms with Gasteiger partial charge in [0.1, 0.15) is 5.75 Å². The monoisotopic (exact) mass is 231 g/mol. The van der Waals surface area contributed by atoms with Crippen LogP contribution in [0.3, 0.4) is 0 Å². The average molecular weight is 231 g/mol. The van der Waals surface area contributed by atoms with Crippen LogP contribution < -0.4 is 9.47 Å². The number of hydrogen-bond acceptors (Lipinski definition) is 4. The molecule has 2 aromatic rings. The number of hydrogen-bond donors (Lipinski definition) is 1. The molecule has 1 heterocycles. The first-order valence-corrected chi connectivity index (χ1v) is 5.11. The summed E-state index contributed by atoms with van der Waals surface area (Å²) in [5.74, 6) is 1.18. The number of para-hydroxylation sites is 1. The van der Waals surface area contributed by atoms with Crippen LogP contribution in [0.1, 0.15) is 0 Å². The van der Waals surface area contributed by atoms with Crippen LogP contribution in [0.25, 0.3) is 11.1 Å². The molecule has 17 heavy (non-hydrogen) atoms. The first-order chi connectivity index (χ1) is 8.26. The average Bonchev–Trinajstić information content (AvgIpc) is 2.39. The van der Waals surface area contributed by atoms with Crippen LogP contribution in [0.4, 0.5) is 0 Å². The van der Waals surface area contributed by atoms with Gasteiger partial charge in [-0.3, -0.25) is 4.98 Å². The van der Waals surface area contributed by atoms with Crippen LogP contribution in [0, 0.1) is 0 Å². The number of rotatable bonds is 3. The minimum absolute atomic E-state index is 0.102. The van der Waals surface area contributed by atoms with E-state index >= 15 is 0 Å². The number of benzene rings is 1. The van der Waals surface area contributed by atoms with Crippen molar-refractivity contribution in [3.8, 4) is 28.4 Å². The summed E-state index contributed by atoms with van der Waals surface area (Å²) in [5, 5.41) is 10.0. The first-order valence-electron chi connectivity index (χ1n) is 5.11. The second-order valence-corrected chi connectivity index (χ2v) is 3.47. The van der Waals surface area contributed by atoms with Crippen molar-refractivity contribution in [2.75, 3.05) is 14.2 Å². The molecule has 0 fully saturated rings. The minimum Gasteiger partial charge on any atom is -0.504 e. The highest BCUT2D eigenvalue weighted by atomic mass is 16.5. The normalized spacial score (nSPS) is 10.0. The molecule has 0 aliphatic rings. The summed E-state index contributed by atoms with van der Waals surface area (Å²) in [7, 11) is 3.09. The summed E-state index contributed by atoms with van der Waals surface area (Å²) in [6.07, 6.45) is 3.28. The molecule has 4 heteroatoms. The molecule has 0 spiro atoms. The molecule has 1 N–H and O–H groups in total. The van der Waals surface area contributed by atoms with Gasteiger partial charge in [0.15, 0.2) is 11.5 Å². The maximum Gasteiger partial charge on any atom is 0.165 e. The second kappa shape index (κ2) is 4.74. The van der Waals surface area contributed by atoms with Gasteiger partial charge in [-0.05, 0) is 12.1 Å². The number of aromatic nitrogens is 1. The van der Waals surface area contributed by atoms with Crippen LogP contribution in [0.5, 0.6) is 17.2 Å². The van der Waals surface area contributed by atoms with E-state index in [-0.39, 0.29) is 5.75 Å². The topological polar surface area (TPSA) is 51.6 Å². The molecule has 0 aliphatic carbocycles. The fraction of sp³-hybridized carbons (Fsp3) is 0.154. The molecular formula is C13H13NO3. The fourth-order valence-electron chi connectivity index (χ4n) is 1.60. The summed E-state index contributed by atoms with van der Waals surface area (Å²) >= 11 is 0. The predicted octanol–water partition coefficient (Wildman–Crippen LogP) is 2.47. The van der Waals surface area contributed by atoms with E-state index in [1.54, 1.807) is 31.6 Å². The number of phenolic OH excluding ortho intramolecular Hbond substituents is 1. The smallest absolute Gasteiger partial charge is 0.165 e. The Kier molecular flexibility index (Phi) is 3.14. The van der Waals surface area contributed by atoms with Crippen molar-refractivity contribution in [2.45, 2.75) is 0 Å². The molecule has 0 radical (unpaired) electrons. The number of phenols is 1. The van der Waals surface area contributed by atoms with Gasteiger partial charge in [-0.15, -0.1) is 0 Å². The molecule has 0 atom stereocenters. The zero-order valence-electron chi connectivity index (χ0n) is 9.68. The van der Waals surface area contributed by atoms with Crippen LogP contribution in [-0.2, 0) is 0 Å². The number of aromatic hydroxyl groups is 1. The number of methoxy groups -OCH3 is 2. The number of pyridine rings is 1. The van der Waals surface area contributed by atoms with Crippen molar-refractivity contribution >= 4 is 0 Å². The largest absolute Gasteiger partial charge is 0.504 e. The van der Waals surface area contributed by atoms with Crippen molar-refractivity contribution in [3.63, 3.8) is 0 Å². The van der Waals surface area contributed by atoms with E-state index in [1.807, 2.05) is 12.1 Å². The third kappa shape index (κ3) is 2.15. The Hall–Kier alpha value is -2.23. The Morgan fingerprint density at radius 2 is 1.94 bits per heavy atom. The van der Waals surface area contributed by atoms with Gasteiger partial charge in [0.2, 0.25) is 0 Å². The van der Waals surface area contributed by atoms with Crippen LogP contribution >= 0.6 is 0 Å². The molecule has 0 saturated heterocycles. The summed E-state index contributed by atoms with van der Waals surface area (Å²) in [6, 6.07) is 7.12. The zero-order chi connectivity index (χ0) is 12.3. The Bertz CT molecular complexity index is 526. The summed E-state index contributed by atoms with van der Waals surface area (Å²) < 4.78 is 10.2. The standard InChI is InChI=1S/C13H13NO3/c1-16-10-6-9(7-14-8-10)11-4-3-5-12(17-2)13(11)15/h3-8,15H,1-2H3. The van der Waals surface area contributed by atoms with Gasteiger partial charge in [-0.1, -0.05) is 12.1 Å². The van der Waals surface area contributed by atoms with Crippen molar-refractivity contribution in [3.05, 3.63) is 36.7 Å². The maximum absolute atomic E-state index is 10.0. The van der Waals surface area contributed by atoms with Crippen molar-refractivity contribution in [1.82, 2.24) is 4.98 Å². The quantitative estimate of drug-likeness (QED) is 0.881. The van der Waals surface area contributed by atoms with Gasteiger partial charge in [0.05, 0.1) is 20.4 Å². The Morgan fingerprint density at radius 3 is 2.65 bits per heavy atom. The van der Waals surface area contributed by atoms with Gasteiger partial charge >= 0.3 is 0 Å². The molecule has 0 aliphatic heterocycles. The summed E-state index contributed by atoms with van der Waals surface area (Å²) in [6.45, 7) is 0. The van der Waals surface area contributed by atoms with Gasteiger partial charge in [0, 0.05) is 17.3 Å². The fourth-order valence-corrected chi connectivity index (χ4v) is 1.60. The van der Waals surface area contributed by atoms with Gasteiger partial charge in [0.25, 0.3) is 0 Å². The van der Waals surface area contributed by atoms with E-state index in [0.717, 1.165) is 5.56 Å². The van der Waals surface area contributed by atoms with Gasteiger partial charge in [-0.2, -0.15) is 0 Å². The molecule has 2 rings (SSSR count). The molecule has 88 valence electrons. The Morgan fingerprint density at radius 1 is 1.12 bits per heavy atom. The third-order valence-electron chi connectivity index (χ3n) is 2.48. The molecule has 0 unspecified atom stereocenters. The van der Waals surface area contributed by atoms with E-state index in [9.17, 15) is 5.11 Å². The lowest BCUT2D eigenvalue weighted by molar-refractivity contribution is 0.374. The van der Waals surface area contributed by atoms with Crippen molar-refractivity contribution in [2.24, 2.45) is 0 Å². The zero-order valence-corrected chi connectivity index (χ0v) is 9.68. The lowest BCUT2D eigenvalue weighted by atomic mass is 10.1. The summed E-state index contributed by atoms with van der Waals surface area (Å²) in [5.41, 5.74) is 1.44. The second-order valence-electron chi connectivity index (χ2n) is 3.47.